The van der Waals surface area contributed by atoms with E-state index in [1.54, 1.807) is 0 Å². The highest BCUT2D eigenvalue weighted by Gasteiger charge is 2.19. The summed E-state index contributed by atoms with van der Waals surface area (Å²) in [5.41, 5.74) is 11.1. The summed E-state index contributed by atoms with van der Waals surface area (Å²) in [6.45, 7) is 0.616. The molecule has 25 heavy (non-hydrogen) atoms. The first-order valence-electron chi connectivity index (χ1n) is 7.77. The van der Waals surface area contributed by atoms with Crippen LogP contribution < -0.4 is 11.1 Å². The van der Waals surface area contributed by atoms with Crippen molar-refractivity contribution in [1.29, 1.82) is 0 Å². The second-order valence-corrected chi connectivity index (χ2v) is 5.48. The fourth-order valence-electron chi connectivity index (χ4n) is 2.65. The molecular weight excluding hydrogens is 320 g/mol. The van der Waals surface area contributed by atoms with Crippen LogP contribution in [0.25, 0.3) is 0 Å². The second kappa shape index (κ2) is 8.65. The van der Waals surface area contributed by atoms with Crippen LogP contribution in [0.5, 0.6) is 0 Å². The van der Waals surface area contributed by atoms with E-state index in [0.29, 0.717) is 18.7 Å². The predicted molar refractivity (Wildman–Crippen MR) is 95.5 cm³/mol. The van der Waals surface area contributed by atoms with Crippen molar-refractivity contribution in [2.75, 3.05) is 11.9 Å². The third kappa shape index (κ3) is 5.19. The SMILES string of the molecule is NCC1Nc2ccccc2Cc2ccccc21.O=C(O)C=CC(=O)O. The molecule has 1 unspecified atom stereocenters. The van der Waals surface area contributed by atoms with E-state index in [4.69, 9.17) is 15.9 Å². The normalized spacial score (nSPS) is 15.0. The number of rotatable bonds is 3. The standard InChI is InChI=1S/C15H16N2.C4H4O4/c16-10-15-13-7-3-1-5-11(13)9-12-6-2-4-8-14(12)17-15;5-3(6)1-2-4(7)8/h1-8,15,17H,9-10,16H2;1-2H,(H,5,6)(H,7,8). The van der Waals surface area contributed by atoms with Gasteiger partial charge < -0.3 is 21.3 Å². The van der Waals surface area contributed by atoms with Crippen molar-refractivity contribution in [3.63, 3.8) is 0 Å². The van der Waals surface area contributed by atoms with Crippen LogP contribution in [-0.4, -0.2) is 28.7 Å². The average molecular weight is 340 g/mol. The van der Waals surface area contributed by atoms with Gasteiger partial charge >= 0.3 is 11.9 Å². The van der Waals surface area contributed by atoms with Gasteiger partial charge in [0.15, 0.2) is 0 Å². The van der Waals surface area contributed by atoms with Crippen LogP contribution >= 0.6 is 0 Å². The lowest BCUT2D eigenvalue weighted by Gasteiger charge is -2.18. The molecule has 0 saturated carbocycles. The maximum absolute atomic E-state index is 9.55. The third-order valence-corrected chi connectivity index (χ3v) is 3.76. The zero-order valence-corrected chi connectivity index (χ0v) is 13.6. The van der Waals surface area contributed by atoms with E-state index in [0.717, 1.165) is 6.42 Å². The van der Waals surface area contributed by atoms with E-state index >= 15 is 0 Å². The first-order chi connectivity index (χ1) is 12.0. The van der Waals surface area contributed by atoms with Gasteiger partial charge in [-0.25, -0.2) is 9.59 Å². The van der Waals surface area contributed by atoms with E-state index in [-0.39, 0.29) is 6.04 Å². The number of carbonyl (C=O) groups is 2. The molecule has 6 nitrogen and oxygen atoms in total. The van der Waals surface area contributed by atoms with Gasteiger partial charge in [-0.3, -0.25) is 0 Å². The zero-order valence-electron chi connectivity index (χ0n) is 13.6. The summed E-state index contributed by atoms with van der Waals surface area (Å²) in [5.74, 6) is -2.51. The van der Waals surface area contributed by atoms with Crippen molar-refractivity contribution in [1.82, 2.24) is 0 Å². The second-order valence-electron chi connectivity index (χ2n) is 5.48. The van der Waals surface area contributed by atoms with Crippen molar-refractivity contribution >= 4 is 17.6 Å². The lowest BCUT2D eigenvalue weighted by molar-refractivity contribution is -0.134. The molecule has 0 saturated heterocycles. The number of fused-ring (bicyclic) bond motifs is 2. The van der Waals surface area contributed by atoms with Gasteiger partial charge in [-0.2, -0.15) is 0 Å². The number of carboxylic acid groups (broad SMARTS) is 2. The van der Waals surface area contributed by atoms with E-state index in [1.165, 1.54) is 22.4 Å². The highest BCUT2D eigenvalue weighted by molar-refractivity contribution is 5.89. The highest BCUT2D eigenvalue weighted by Crippen LogP contribution is 2.31. The molecule has 0 spiro atoms. The van der Waals surface area contributed by atoms with Gasteiger partial charge in [-0.15, -0.1) is 0 Å². The lowest BCUT2D eigenvalue weighted by atomic mass is 9.97. The molecule has 0 aliphatic carbocycles. The van der Waals surface area contributed by atoms with E-state index in [2.05, 4.69) is 53.8 Å². The molecule has 1 heterocycles. The van der Waals surface area contributed by atoms with Crippen molar-refractivity contribution in [2.24, 2.45) is 5.73 Å². The van der Waals surface area contributed by atoms with Crippen LogP contribution in [0, 0.1) is 0 Å². The molecule has 3 rings (SSSR count). The molecular formula is C19H20N2O4. The smallest absolute Gasteiger partial charge is 0.328 e. The fraction of sp³-hybridized carbons (Fsp3) is 0.158. The maximum atomic E-state index is 9.55. The molecule has 0 radical (unpaired) electrons. The van der Waals surface area contributed by atoms with E-state index in [9.17, 15) is 9.59 Å². The number of nitrogens with one attached hydrogen (secondary N) is 1. The Morgan fingerprint density at radius 3 is 2.16 bits per heavy atom. The number of hydrogen-bond acceptors (Lipinski definition) is 4. The Morgan fingerprint density at radius 2 is 1.56 bits per heavy atom. The Labute approximate surface area is 145 Å². The Morgan fingerprint density at radius 1 is 1.00 bits per heavy atom. The number of hydrogen-bond donors (Lipinski definition) is 4. The average Bonchev–Trinajstić information content (AvgIpc) is 2.76. The van der Waals surface area contributed by atoms with Crippen LogP contribution in [0.2, 0.25) is 0 Å². The molecule has 5 N–H and O–H groups in total. The highest BCUT2D eigenvalue weighted by atomic mass is 16.4. The molecule has 0 bridgehead atoms. The maximum Gasteiger partial charge on any atom is 0.328 e. The minimum absolute atomic E-state index is 0.217. The van der Waals surface area contributed by atoms with Crippen LogP contribution in [0.3, 0.4) is 0 Å². The number of carboxylic acids is 2. The van der Waals surface area contributed by atoms with Crippen molar-refractivity contribution < 1.29 is 19.8 Å². The Bertz CT molecular complexity index is 770. The minimum Gasteiger partial charge on any atom is -0.478 e. The molecule has 2 aromatic carbocycles. The Hall–Kier alpha value is -3.12. The zero-order chi connectivity index (χ0) is 18.2. The molecule has 0 amide bonds. The van der Waals surface area contributed by atoms with Gasteiger partial charge in [0, 0.05) is 24.4 Å². The molecule has 1 aliphatic heterocycles. The summed E-state index contributed by atoms with van der Waals surface area (Å²) in [7, 11) is 0. The first-order valence-corrected chi connectivity index (χ1v) is 7.77. The summed E-state index contributed by atoms with van der Waals surface area (Å²) in [6, 6.07) is 17.2. The largest absolute Gasteiger partial charge is 0.478 e. The lowest BCUT2D eigenvalue weighted by Crippen LogP contribution is -2.20. The number of anilines is 1. The van der Waals surface area contributed by atoms with Crippen LogP contribution in [0.4, 0.5) is 5.69 Å². The molecule has 0 fully saturated rings. The minimum atomic E-state index is -1.26. The van der Waals surface area contributed by atoms with Crippen molar-refractivity contribution in [3.8, 4) is 0 Å². The Kier molecular flexibility index (Phi) is 6.31. The van der Waals surface area contributed by atoms with Gasteiger partial charge in [-0.05, 0) is 29.2 Å². The van der Waals surface area contributed by atoms with Crippen LogP contribution in [0.1, 0.15) is 22.7 Å². The number of para-hydroxylation sites is 1. The van der Waals surface area contributed by atoms with Crippen LogP contribution in [0.15, 0.2) is 60.7 Å². The number of benzene rings is 2. The summed E-state index contributed by atoms with van der Waals surface area (Å²) >= 11 is 0. The van der Waals surface area contributed by atoms with Crippen molar-refractivity contribution in [2.45, 2.75) is 12.5 Å². The van der Waals surface area contributed by atoms with Gasteiger partial charge in [0.2, 0.25) is 0 Å². The predicted octanol–water partition coefficient (Wildman–Crippen LogP) is 2.41. The van der Waals surface area contributed by atoms with E-state index < -0.39 is 11.9 Å². The van der Waals surface area contributed by atoms with Crippen molar-refractivity contribution in [3.05, 3.63) is 77.4 Å². The molecule has 6 heteroatoms. The fourth-order valence-corrected chi connectivity index (χ4v) is 2.65. The molecule has 130 valence electrons. The third-order valence-electron chi connectivity index (χ3n) is 3.76. The van der Waals surface area contributed by atoms with Gasteiger partial charge in [-0.1, -0.05) is 42.5 Å². The van der Waals surface area contributed by atoms with Gasteiger partial charge in [0.05, 0.1) is 6.04 Å². The van der Waals surface area contributed by atoms with Gasteiger partial charge in [0.1, 0.15) is 0 Å². The van der Waals surface area contributed by atoms with Crippen LogP contribution in [-0.2, 0) is 16.0 Å². The quantitative estimate of drug-likeness (QED) is 0.638. The molecule has 1 atom stereocenters. The molecule has 1 aliphatic rings. The number of aliphatic carboxylic acids is 2. The summed E-state index contributed by atoms with van der Waals surface area (Å²) in [6.07, 6.45) is 2.10. The Balaban J connectivity index is 0.000000242. The first kappa shape index (κ1) is 18.2. The van der Waals surface area contributed by atoms with E-state index in [1.807, 2.05) is 0 Å². The summed E-state index contributed by atoms with van der Waals surface area (Å²) in [5, 5.41) is 19.2. The summed E-state index contributed by atoms with van der Waals surface area (Å²) < 4.78 is 0. The number of nitrogens with two attached hydrogens (primary N) is 1. The monoisotopic (exact) mass is 340 g/mol. The molecule has 2 aromatic rings. The van der Waals surface area contributed by atoms with Gasteiger partial charge in [0.25, 0.3) is 0 Å². The molecule has 0 aromatic heterocycles. The topological polar surface area (TPSA) is 113 Å². The summed E-state index contributed by atoms with van der Waals surface area (Å²) in [4.78, 5) is 19.1.